The van der Waals surface area contributed by atoms with Crippen LogP contribution in [0.4, 0.5) is 0 Å². The molecule has 0 spiro atoms. The first-order chi connectivity index (χ1) is 9.54. The smallest absolute Gasteiger partial charge is 0.246 e. The minimum Gasteiger partial charge on any atom is -0.325 e. The van der Waals surface area contributed by atoms with Crippen LogP contribution in [0.25, 0.3) is 0 Å². The summed E-state index contributed by atoms with van der Waals surface area (Å²) in [5, 5.41) is 6.71. The summed E-state index contributed by atoms with van der Waals surface area (Å²) in [6.45, 7) is 4.58. The molecule has 0 aromatic carbocycles. The van der Waals surface area contributed by atoms with Gasteiger partial charge in [0, 0.05) is 38.8 Å². The van der Waals surface area contributed by atoms with Crippen molar-refractivity contribution in [3.05, 3.63) is 11.4 Å². The molecule has 20 heavy (non-hydrogen) atoms. The standard InChI is InChI=1S/C12H21N5O2S/c1-9-12(11(8-13)15-14-9)20(18,19)17-6-4-16(5-7-17)10-2-3-10/h10H,2-8,13H2,1H3,(H,14,15). The van der Waals surface area contributed by atoms with Crippen LogP contribution in [-0.4, -0.2) is 60.0 Å². The zero-order valence-corrected chi connectivity index (χ0v) is 12.5. The number of aryl methyl sites for hydroxylation is 1. The number of sulfonamides is 1. The van der Waals surface area contributed by atoms with Crippen LogP contribution < -0.4 is 5.73 Å². The highest BCUT2D eigenvalue weighted by atomic mass is 32.2. The normalized spacial score (nSPS) is 22.3. The van der Waals surface area contributed by atoms with Gasteiger partial charge in [0.2, 0.25) is 10.0 Å². The number of nitrogens with two attached hydrogens (primary N) is 1. The number of piperazine rings is 1. The van der Waals surface area contributed by atoms with Crippen molar-refractivity contribution in [1.82, 2.24) is 19.4 Å². The summed E-state index contributed by atoms with van der Waals surface area (Å²) < 4.78 is 27.0. The van der Waals surface area contributed by atoms with Crippen LogP contribution in [0.5, 0.6) is 0 Å². The van der Waals surface area contributed by atoms with Crippen LogP contribution in [-0.2, 0) is 16.6 Å². The van der Waals surface area contributed by atoms with E-state index in [0.717, 1.165) is 13.1 Å². The van der Waals surface area contributed by atoms with Crippen molar-refractivity contribution < 1.29 is 8.42 Å². The molecule has 1 aliphatic heterocycles. The molecule has 3 N–H and O–H groups in total. The van der Waals surface area contributed by atoms with Crippen LogP contribution in [0.1, 0.15) is 24.2 Å². The Morgan fingerprint density at radius 1 is 1.30 bits per heavy atom. The lowest BCUT2D eigenvalue weighted by molar-refractivity contribution is 0.180. The Balaban J connectivity index is 1.79. The fourth-order valence-corrected chi connectivity index (χ4v) is 4.59. The third-order valence-corrected chi connectivity index (χ3v) is 6.19. The van der Waals surface area contributed by atoms with E-state index >= 15 is 0 Å². The van der Waals surface area contributed by atoms with Gasteiger partial charge < -0.3 is 5.73 Å². The van der Waals surface area contributed by atoms with Crippen molar-refractivity contribution in [2.75, 3.05) is 26.2 Å². The average Bonchev–Trinajstić information content (AvgIpc) is 3.21. The second-order valence-electron chi connectivity index (χ2n) is 5.50. The second kappa shape index (κ2) is 5.10. The van der Waals surface area contributed by atoms with Crippen LogP contribution in [0.3, 0.4) is 0 Å². The Bertz CT molecular complexity index is 585. The highest BCUT2D eigenvalue weighted by Gasteiger charge is 2.36. The van der Waals surface area contributed by atoms with Gasteiger partial charge in [-0.1, -0.05) is 0 Å². The molecule has 2 aliphatic rings. The van der Waals surface area contributed by atoms with Crippen molar-refractivity contribution in [1.29, 1.82) is 0 Å². The van der Waals surface area contributed by atoms with Crippen molar-refractivity contribution in [2.45, 2.75) is 37.2 Å². The van der Waals surface area contributed by atoms with Gasteiger partial charge in [0.15, 0.2) is 0 Å². The van der Waals surface area contributed by atoms with Gasteiger partial charge in [0.05, 0.1) is 11.4 Å². The maximum Gasteiger partial charge on any atom is 0.246 e. The largest absolute Gasteiger partial charge is 0.325 e. The van der Waals surface area contributed by atoms with E-state index in [2.05, 4.69) is 15.1 Å². The van der Waals surface area contributed by atoms with Crippen molar-refractivity contribution >= 4 is 10.0 Å². The molecule has 0 bridgehead atoms. The molecule has 1 saturated carbocycles. The number of aromatic nitrogens is 2. The van der Waals surface area contributed by atoms with E-state index < -0.39 is 10.0 Å². The molecule has 1 aliphatic carbocycles. The summed E-state index contributed by atoms with van der Waals surface area (Å²) >= 11 is 0. The Morgan fingerprint density at radius 3 is 2.50 bits per heavy atom. The Morgan fingerprint density at radius 2 is 1.95 bits per heavy atom. The maximum absolute atomic E-state index is 12.7. The molecule has 0 radical (unpaired) electrons. The third kappa shape index (κ3) is 2.37. The molecule has 1 aromatic heterocycles. The number of nitrogens with one attached hydrogen (secondary N) is 1. The van der Waals surface area contributed by atoms with E-state index in [9.17, 15) is 8.42 Å². The number of H-pyrrole nitrogens is 1. The molecule has 112 valence electrons. The van der Waals surface area contributed by atoms with Gasteiger partial charge >= 0.3 is 0 Å². The van der Waals surface area contributed by atoms with Crippen LogP contribution in [0, 0.1) is 6.92 Å². The number of nitrogens with zero attached hydrogens (tertiary/aromatic N) is 3. The Kier molecular flexibility index (Phi) is 3.57. The Labute approximate surface area is 119 Å². The number of hydrogen-bond acceptors (Lipinski definition) is 5. The van der Waals surface area contributed by atoms with Gasteiger partial charge in [-0.25, -0.2) is 8.42 Å². The number of aromatic amines is 1. The molecule has 0 amide bonds. The molecule has 2 heterocycles. The summed E-state index contributed by atoms with van der Waals surface area (Å²) in [4.78, 5) is 2.65. The summed E-state index contributed by atoms with van der Waals surface area (Å²) in [7, 11) is -3.49. The summed E-state index contributed by atoms with van der Waals surface area (Å²) in [5.74, 6) is 0. The SMILES string of the molecule is Cc1[nH]nc(CN)c1S(=O)(=O)N1CCN(C2CC2)CC1. The zero-order valence-electron chi connectivity index (χ0n) is 11.7. The first-order valence-electron chi connectivity index (χ1n) is 7.02. The van der Waals surface area contributed by atoms with Gasteiger partial charge in [0.25, 0.3) is 0 Å². The molecule has 3 rings (SSSR count). The average molecular weight is 299 g/mol. The first kappa shape index (κ1) is 14.0. The van der Waals surface area contributed by atoms with E-state index in [1.165, 1.54) is 12.8 Å². The molecule has 1 aromatic rings. The fraction of sp³-hybridized carbons (Fsp3) is 0.750. The Hall–Kier alpha value is -0.960. The summed E-state index contributed by atoms with van der Waals surface area (Å²) in [6.07, 6.45) is 2.51. The number of hydrogen-bond donors (Lipinski definition) is 2. The predicted molar refractivity (Wildman–Crippen MR) is 74.6 cm³/mol. The lowest BCUT2D eigenvalue weighted by Crippen LogP contribution is -2.49. The molecule has 0 unspecified atom stereocenters. The van der Waals surface area contributed by atoms with Gasteiger partial charge in [-0.15, -0.1) is 0 Å². The molecule has 8 heteroatoms. The predicted octanol–water partition coefficient (Wildman–Crippen LogP) is -0.354. The van der Waals surface area contributed by atoms with E-state index in [-0.39, 0.29) is 11.4 Å². The molecule has 0 atom stereocenters. The van der Waals surface area contributed by atoms with E-state index in [0.29, 0.717) is 30.5 Å². The minimum atomic E-state index is -3.49. The maximum atomic E-state index is 12.7. The zero-order chi connectivity index (χ0) is 14.3. The molecular weight excluding hydrogens is 278 g/mol. The van der Waals surface area contributed by atoms with Crippen molar-refractivity contribution in [3.8, 4) is 0 Å². The van der Waals surface area contributed by atoms with Crippen LogP contribution >= 0.6 is 0 Å². The monoisotopic (exact) mass is 299 g/mol. The lowest BCUT2D eigenvalue weighted by atomic mass is 10.3. The molecule has 2 fully saturated rings. The third-order valence-electron chi connectivity index (χ3n) is 4.09. The highest BCUT2D eigenvalue weighted by molar-refractivity contribution is 7.89. The second-order valence-corrected chi connectivity index (χ2v) is 7.37. The van der Waals surface area contributed by atoms with Crippen LogP contribution in [0.2, 0.25) is 0 Å². The topological polar surface area (TPSA) is 95.3 Å². The van der Waals surface area contributed by atoms with Crippen molar-refractivity contribution in [3.63, 3.8) is 0 Å². The van der Waals surface area contributed by atoms with E-state index in [4.69, 9.17) is 5.73 Å². The first-order valence-corrected chi connectivity index (χ1v) is 8.46. The quantitative estimate of drug-likeness (QED) is 0.792. The van der Waals surface area contributed by atoms with Gasteiger partial charge in [0.1, 0.15) is 4.90 Å². The van der Waals surface area contributed by atoms with Crippen LogP contribution in [0.15, 0.2) is 4.90 Å². The van der Waals surface area contributed by atoms with Gasteiger partial charge in [-0.2, -0.15) is 9.40 Å². The molecular formula is C12H21N5O2S. The minimum absolute atomic E-state index is 0.126. The summed E-state index contributed by atoms with van der Waals surface area (Å²) in [5.41, 5.74) is 6.57. The van der Waals surface area contributed by atoms with Gasteiger partial charge in [-0.05, 0) is 19.8 Å². The fourth-order valence-electron chi connectivity index (χ4n) is 2.83. The van der Waals surface area contributed by atoms with E-state index in [1.54, 1.807) is 11.2 Å². The summed E-state index contributed by atoms with van der Waals surface area (Å²) in [6, 6.07) is 0.690. The number of rotatable bonds is 4. The lowest BCUT2D eigenvalue weighted by Gasteiger charge is -2.34. The van der Waals surface area contributed by atoms with Crippen molar-refractivity contribution in [2.24, 2.45) is 5.73 Å². The highest BCUT2D eigenvalue weighted by Crippen LogP contribution is 2.29. The van der Waals surface area contributed by atoms with Gasteiger partial charge in [-0.3, -0.25) is 10.00 Å². The van der Waals surface area contributed by atoms with E-state index in [1.807, 2.05) is 0 Å². The molecule has 1 saturated heterocycles. The molecule has 7 nitrogen and oxygen atoms in total.